The second-order valence-electron chi connectivity index (χ2n) is 11.1. The van der Waals surface area contributed by atoms with Gasteiger partial charge in [-0.3, -0.25) is 4.48 Å². The molecule has 2 heterocycles. The van der Waals surface area contributed by atoms with Crippen molar-refractivity contribution in [3.8, 4) is 5.75 Å². The summed E-state index contributed by atoms with van der Waals surface area (Å²) >= 11 is 0. The number of aromatic nitrogens is 2. The fourth-order valence-corrected chi connectivity index (χ4v) is 6.80. The molecule has 2 fully saturated rings. The second kappa shape index (κ2) is 10.3. The highest BCUT2D eigenvalue weighted by Gasteiger charge is 2.52. The third-order valence-corrected chi connectivity index (χ3v) is 8.77. The van der Waals surface area contributed by atoms with Crippen LogP contribution in [0.5, 0.6) is 5.75 Å². The van der Waals surface area contributed by atoms with E-state index in [1.54, 1.807) is 12.3 Å². The lowest BCUT2D eigenvalue weighted by Crippen LogP contribution is -2.62. The number of benzene rings is 1. The second-order valence-corrected chi connectivity index (χ2v) is 11.1. The van der Waals surface area contributed by atoms with Crippen molar-refractivity contribution in [1.29, 1.82) is 0 Å². The van der Waals surface area contributed by atoms with Gasteiger partial charge in [-0.1, -0.05) is 18.9 Å². The van der Waals surface area contributed by atoms with Crippen molar-refractivity contribution in [1.82, 2.24) is 9.97 Å². The average molecular weight is 509 g/mol. The molecule has 9 heteroatoms. The van der Waals surface area contributed by atoms with E-state index in [1.807, 2.05) is 37.2 Å². The number of carboxylic acid groups (broad SMARTS) is 1. The van der Waals surface area contributed by atoms with E-state index < -0.39 is 6.16 Å². The SMILES string of the molecule is CN(C)c1nccc(N2CCC([N+](C)(C(=O)C3CCCC3)[C@@H]3CCc4ccc(OC(=O)O)cc43)CC2)n1. The Bertz CT molecular complexity index is 1160. The first-order valence-electron chi connectivity index (χ1n) is 13.5. The Morgan fingerprint density at radius 3 is 2.49 bits per heavy atom. The van der Waals surface area contributed by atoms with Crippen molar-refractivity contribution in [2.24, 2.45) is 5.92 Å². The Kier molecular flexibility index (Phi) is 7.07. The first kappa shape index (κ1) is 25.4. The minimum atomic E-state index is -1.32. The first-order chi connectivity index (χ1) is 17.8. The van der Waals surface area contributed by atoms with Crippen LogP contribution in [-0.2, 0) is 11.2 Å². The molecule has 2 aliphatic carbocycles. The largest absolute Gasteiger partial charge is 0.511 e. The molecule has 1 saturated heterocycles. The molecular formula is C28H38N5O4+. The smallest absolute Gasteiger partial charge is 0.449 e. The third kappa shape index (κ3) is 4.89. The van der Waals surface area contributed by atoms with Crippen LogP contribution in [0, 0.1) is 5.92 Å². The highest BCUT2D eigenvalue weighted by atomic mass is 16.7. The highest BCUT2D eigenvalue weighted by Crippen LogP contribution is 2.46. The van der Waals surface area contributed by atoms with Gasteiger partial charge in [-0.15, -0.1) is 0 Å². The fraction of sp³-hybridized carbons (Fsp3) is 0.571. The van der Waals surface area contributed by atoms with E-state index in [4.69, 9.17) is 14.8 Å². The Labute approximate surface area is 218 Å². The number of fused-ring (bicyclic) bond motifs is 1. The quantitative estimate of drug-likeness (QED) is 0.348. The molecule has 37 heavy (non-hydrogen) atoms. The summed E-state index contributed by atoms with van der Waals surface area (Å²) in [5.74, 6) is 2.41. The number of piperidine rings is 1. The molecule has 9 nitrogen and oxygen atoms in total. The maximum absolute atomic E-state index is 14.3. The summed E-state index contributed by atoms with van der Waals surface area (Å²) in [5, 5.41) is 9.15. The van der Waals surface area contributed by atoms with Gasteiger partial charge in [0.2, 0.25) is 5.95 Å². The van der Waals surface area contributed by atoms with Crippen LogP contribution in [0.3, 0.4) is 0 Å². The third-order valence-electron chi connectivity index (χ3n) is 8.77. The number of quaternary nitrogens is 1. The lowest BCUT2D eigenvalue weighted by atomic mass is 9.91. The van der Waals surface area contributed by atoms with E-state index in [-0.39, 0.29) is 18.0 Å². The van der Waals surface area contributed by atoms with Crippen LogP contribution < -0.4 is 14.5 Å². The van der Waals surface area contributed by atoms with E-state index in [0.29, 0.717) is 22.1 Å². The zero-order chi connectivity index (χ0) is 26.2. The van der Waals surface area contributed by atoms with Crippen LogP contribution in [0.15, 0.2) is 30.5 Å². The van der Waals surface area contributed by atoms with E-state index in [9.17, 15) is 9.59 Å². The number of nitrogens with zero attached hydrogens (tertiary/aromatic N) is 5. The van der Waals surface area contributed by atoms with Gasteiger partial charge in [0.1, 0.15) is 17.6 Å². The van der Waals surface area contributed by atoms with E-state index in [0.717, 1.165) is 75.8 Å². The van der Waals surface area contributed by atoms with Gasteiger partial charge in [-0.2, -0.15) is 4.98 Å². The van der Waals surface area contributed by atoms with E-state index in [2.05, 4.69) is 16.9 Å². The molecule has 0 bridgehead atoms. The van der Waals surface area contributed by atoms with Gasteiger partial charge in [0.15, 0.2) is 0 Å². The van der Waals surface area contributed by atoms with Crippen LogP contribution in [0.4, 0.5) is 16.6 Å². The number of carbonyl (C=O) groups is 2. The molecule has 1 amide bonds. The summed E-state index contributed by atoms with van der Waals surface area (Å²) in [6, 6.07) is 7.72. The lowest BCUT2D eigenvalue weighted by Gasteiger charge is -2.48. The van der Waals surface area contributed by atoms with Gasteiger partial charge in [-0.25, -0.2) is 14.6 Å². The summed E-state index contributed by atoms with van der Waals surface area (Å²) in [6.45, 7) is 1.67. The summed E-state index contributed by atoms with van der Waals surface area (Å²) in [4.78, 5) is 38.8. The molecule has 1 N–H and O–H groups in total. The zero-order valence-corrected chi connectivity index (χ0v) is 22.1. The standard InChI is InChI=1S/C28H37N5O4/c1-31(2)27-29-15-12-25(30-27)32-16-13-21(14-17-32)33(3,26(34)20-6-4-5-7-20)24-11-9-19-8-10-22(18-23(19)24)37-28(35)36/h8,10,12,15,18,20-21,24H,4-7,9,11,13-14,16-17H2,1-3H3/p+1/t24-,33?/m1/s1. The van der Waals surface area contributed by atoms with Gasteiger partial charge in [0.05, 0.1) is 19.0 Å². The van der Waals surface area contributed by atoms with Gasteiger partial charge >= 0.3 is 12.1 Å². The number of carbonyl (C=O) groups excluding carboxylic acids is 1. The number of anilines is 2. The molecule has 1 aromatic heterocycles. The molecular weight excluding hydrogens is 470 g/mol. The molecule has 0 spiro atoms. The summed E-state index contributed by atoms with van der Waals surface area (Å²) in [7, 11) is 6.03. The monoisotopic (exact) mass is 508 g/mol. The predicted molar refractivity (Wildman–Crippen MR) is 141 cm³/mol. The van der Waals surface area contributed by atoms with Crippen molar-refractivity contribution in [3.05, 3.63) is 41.6 Å². The Balaban J connectivity index is 1.43. The maximum Gasteiger partial charge on any atom is 0.511 e. The maximum atomic E-state index is 14.3. The van der Waals surface area contributed by atoms with Crippen LogP contribution >= 0.6 is 0 Å². The summed E-state index contributed by atoms with van der Waals surface area (Å²) in [6.07, 6.45) is 8.25. The summed E-state index contributed by atoms with van der Waals surface area (Å²) < 4.78 is 5.40. The van der Waals surface area contributed by atoms with Crippen LogP contribution in [0.1, 0.15) is 62.1 Å². The number of hydrogen-bond donors (Lipinski definition) is 1. The van der Waals surface area contributed by atoms with Gasteiger partial charge in [-0.05, 0) is 43.0 Å². The average Bonchev–Trinajstić information content (AvgIpc) is 3.58. The summed E-state index contributed by atoms with van der Waals surface area (Å²) in [5.41, 5.74) is 2.27. The molecule has 2 aromatic rings. The topological polar surface area (TPSA) is 95.9 Å². The Morgan fingerprint density at radius 1 is 1.08 bits per heavy atom. The minimum Gasteiger partial charge on any atom is -0.449 e. The number of aryl methyl sites for hydroxylation is 1. The van der Waals surface area contributed by atoms with E-state index >= 15 is 0 Å². The lowest BCUT2D eigenvalue weighted by molar-refractivity contribution is -0.893. The zero-order valence-electron chi connectivity index (χ0n) is 22.1. The number of rotatable bonds is 6. The van der Waals surface area contributed by atoms with Crippen LogP contribution in [-0.4, -0.2) is 71.9 Å². The normalized spacial score (nSPS) is 21.9. The first-order valence-corrected chi connectivity index (χ1v) is 13.5. The van der Waals surface area contributed by atoms with Gasteiger partial charge in [0, 0.05) is 58.2 Å². The predicted octanol–water partition coefficient (Wildman–Crippen LogP) is 4.42. The van der Waals surface area contributed by atoms with Gasteiger partial charge in [0.25, 0.3) is 0 Å². The fourth-order valence-electron chi connectivity index (χ4n) is 6.80. The molecule has 5 rings (SSSR count). The molecule has 3 aliphatic rings. The van der Waals surface area contributed by atoms with Crippen LogP contribution in [0.25, 0.3) is 0 Å². The number of ether oxygens (including phenoxy) is 1. The molecule has 1 aliphatic heterocycles. The molecule has 1 unspecified atom stereocenters. The Hall–Kier alpha value is -3.20. The van der Waals surface area contributed by atoms with E-state index in [1.165, 1.54) is 5.56 Å². The Morgan fingerprint density at radius 2 is 1.81 bits per heavy atom. The number of hydrogen-bond acceptors (Lipinski definition) is 7. The van der Waals surface area contributed by atoms with Crippen molar-refractivity contribution in [2.75, 3.05) is 44.0 Å². The molecule has 2 atom stereocenters. The molecule has 0 radical (unpaired) electrons. The van der Waals surface area contributed by atoms with Crippen molar-refractivity contribution >= 4 is 23.8 Å². The highest BCUT2D eigenvalue weighted by molar-refractivity contribution is 5.73. The molecule has 1 aromatic carbocycles. The molecule has 198 valence electrons. The molecule has 1 saturated carbocycles. The van der Waals surface area contributed by atoms with Crippen LogP contribution in [0.2, 0.25) is 0 Å². The number of amides is 1. The van der Waals surface area contributed by atoms with Gasteiger partial charge < -0.3 is 19.6 Å². The van der Waals surface area contributed by atoms with Crippen molar-refractivity contribution < 1.29 is 23.9 Å². The minimum absolute atomic E-state index is 0.0105. The van der Waals surface area contributed by atoms with Crippen molar-refractivity contribution in [3.63, 3.8) is 0 Å². The van der Waals surface area contributed by atoms with Crippen molar-refractivity contribution in [2.45, 2.75) is 63.5 Å².